The molecule has 0 N–H and O–H groups in total. The molecular weight excluding hydrogens is 182 g/mol. The van der Waals surface area contributed by atoms with Crippen molar-refractivity contribution in [1.29, 1.82) is 5.26 Å². The van der Waals surface area contributed by atoms with Crippen molar-refractivity contribution in [2.24, 2.45) is 0 Å². The Kier molecular flexibility index (Phi) is 3.79. The highest BCUT2D eigenvalue weighted by molar-refractivity contribution is 6.22. The molecule has 1 unspecified atom stereocenters. The van der Waals surface area contributed by atoms with Gasteiger partial charge < -0.3 is 0 Å². The van der Waals surface area contributed by atoms with Crippen molar-refractivity contribution in [2.45, 2.75) is 25.1 Å². The zero-order valence-corrected chi connectivity index (χ0v) is 8.38. The molecule has 0 saturated heterocycles. The molecule has 0 aromatic heterocycles. The molecule has 0 saturated carbocycles. The first-order chi connectivity index (χ1) is 6.26. The second-order valence-corrected chi connectivity index (χ2v) is 3.50. The van der Waals surface area contributed by atoms with Crippen LogP contribution in [0.15, 0.2) is 24.3 Å². The van der Waals surface area contributed by atoms with Crippen LogP contribution in [0.2, 0.25) is 0 Å². The van der Waals surface area contributed by atoms with Gasteiger partial charge in [0.05, 0.1) is 6.07 Å². The summed E-state index contributed by atoms with van der Waals surface area (Å²) in [7, 11) is 0. The maximum atomic E-state index is 8.51. The summed E-state index contributed by atoms with van der Waals surface area (Å²) in [4.78, 5) is 0. The number of hydrogen-bond acceptors (Lipinski definition) is 1. The molecule has 0 amide bonds. The van der Waals surface area contributed by atoms with Gasteiger partial charge >= 0.3 is 0 Å². The third-order valence-corrected chi connectivity index (χ3v) is 2.24. The number of rotatable bonds is 3. The van der Waals surface area contributed by atoms with Gasteiger partial charge in [-0.2, -0.15) is 5.26 Å². The van der Waals surface area contributed by atoms with Gasteiger partial charge in [-0.3, -0.25) is 0 Å². The second-order valence-electron chi connectivity index (χ2n) is 2.97. The Morgan fingerprint density at radius 1 is 1.31 bits per heavy atom. The van der Waals surface area contributed by atoms with Crippen LogP contribution in [-0.2, 0) is 12.8 Å². The normalized spacial score (nSPS) is 12.1. The van der Waals surface area contributed by atoms with E-state index in [-0.39, 0.29) is 0 Å². The standard InChI is InChI=1S/C11H12ClN/c1-2-9-3-5-10(6-4-9)7-11(12)8-13/h3-6,11H,2,7H2,1H3. The average Bonchev–Trinajstić information content (AvgIpc) is 2.19. The number of aryl methyl sites for hydroxylation is 1. The maximum absolute atomic E-state index is 8.51. The molecule has 1 atom stereocenters. The average molecular weight is 194 g/mol. The van der Waals surface area contributed by atoms with E-state index in [4.69, 9.17) is 16.9 Å². The number of halogens is 1. The van der Waals surface area contributed by atoms with E-state index >= 15 is 0 Å². The van der Waals surface area contributed by atoms with E-state index in [2.05, 4.69) is 19.1 Å². The zero-order chi connectivity index (χ0) is 9.68. The molecule has 0 heterocycles. The Bertz CT molecular complexity index is 297. The van der Waals surface area contributed by atoms with Crippen LogP contribution in [0.5, 0.6) is 0 Å². The fraction of sp³-hybridized carbons (Fsp3) is 0.364. The lowest BCUT2D eigenvalue weighted by Gasteiger charge is -2.02. The predicted molar refractivity (Wildman–Crippen MR) is 54.8 cm³/mol. The molecule has 13 heavy (non-hydrogen) atoms. The van der Waals surface area contributed by atoms with Crippen molar-refractivity contribution >= 4 is 11.6 Å². The molecule has 0 fully saturated rings. The molecule has 0 aliphatic rings. The van der Waals surface area contributed by atoms with E-state index in [0.29, 0.717) is 6.42 Å². The highest BCUT2D eigenvalue weighted by Crippen LogP contribution is 2.09. The van der Waals surface area contributed by atoms with Gasteiger partial charge in [-0.25, -0.2) is 0 Å². The Morgan fingerprint density at radius 3 is 2.31 bits per heavy atom. The van der Waals surface area contributed by atoms with E-state index in [1.807, 2.05) is 18.2 Å². The summed E-state index contributed by atoms with van der Waals surface area (Å²) in [6.45, 7) is 2.12. The number of nitrogens with zero attached hydrogens (tertiary/aromatic N) is 1. The van der Waals surface area contributed by atoms with Crippen LogP contribution in [0, 0.1) is 11.3 Å². The summed E-state index contributed by atoms with van der Waals surface area (Å²) in [6, 6.07) is 10.2. The van der Waals surface area contributed by atoms with E-state index in [1.54, 1.807) is 0 Å². The molecule has 1 aromatic carbocycles. The number of benzene rings is 1. The van der Waals surface area contributed by atoms with Crippen molar-refractivity contribution in [1.82, 2.24) is 0 Å². The van der Waals surface area contributed by atoms with Crippen LogP contribution >= 0.6 is 11.6 Å². The Labute approximate surface area is 84.0 Å². The van der Waals surface area contributed by atoms with Crippen LogP contribution in [0.4, 0.5) is 0 Å². The largest absolute Gasteiger partial charge is 0.197 e. The Hall–Kier alpha value is -1.00. The second kappa shape index (κ2) is 4.89. The number of hydrogen-bond donors (Lipinski definition) is 0. The third-order valence-electron chi connectivity index (χ3n) is 1.99. The summed E-state index contributed by atoms with van der Waals surface area (Å²) in [5.74, 6) is 0. The fourth-order valence-electron chi connectivity index (χ4n) is 1.16. The molecular formula is C11H12ClN. The minimum atomic E-state index is -0.410. The molecule has 1 rings (SSSR count). The predicted octanol–water partition coefficient (Wildman–Crippen LogP) is 2.92. The summed E-state index contributed by atoms with van der Waals surface area (Å²) in [6.07, 6.45) is 1.67. The number of nitriles is 1. The zero-order valence-electron chi connectivity index (χ0n) is 7.63. The highest BCUT2D eigenvalue weighted by Gasteiger charge is 2.02. The van der Waals surface area contributed by atoms with Crippen LogP contribution in [-0.4, -0.2) is 5.38 Å². The van der Waals surface area contributed by atoms with Crippen LogP contribution in [0.25, 0.3) is 0 Å². The molecule has 0 spiro atoms. The monoisotopic (exact) mass is 193 g/mol. The van der Waals surface area contributed by atoms with Crippen LogP contribution in [0.3, 0.4) is 0 Å². The van der Waals surface area contributed by atoms with Gasteiger partial charge in [-0.15, -0.1) is 11.6 Å². The third kappa shape index (κ3) is 3.08. The van der Waals surface area contributed by atoms with Gasteiger partial charge in [-0.05, 0) is 17.5 Å². The highest BCUT2D eigenvalue weighted by atomic mass is 35.5. The Morgan fingerprint density at radius 2 is 1.85 bits per heavy atom. The lowest BCUT2D eigenvalue weighted by Crippen LogP contribution is -1.99. The molecule has 0 aliphatic carbocycles. The topological polar surface area (TPSA) is 23.8 Å². The van der Waals surface area contributed by atoms with Crippen molar-refractivity contribution in [3.05, 3.63) is 35.4 Å². The van der Waals surface area contributed by atoms with Gasteiger partial charge in [0.2, 0.25) is 0 Å². The van der Waals surface area contributed by atoms with Gasteiger partial charge in [0.15, 0.2) is 0 Å². The van der Waals surface area contributed by atoms with E-state index in [1.165, 1.54) is 5.56 Å². The van der Waals surface area contributed by atoms with Gasteiger partial charge in [0.1, 0.15) is 5.38 Å². The Balaban J connectivity index is 2.65. The summed E-state index contributed by atoms with van der Waals surface area (Å²) in [5, 5.41) is 8.11. The van der Waals surface area contributed by atoms with E-state index < -0.39 is 5.38 Å². The minimum absolute atomic E-state index is 0.410. The molecule has 2 heteroatoms. The smallest absolute Gasteiger partial charge is 0.124 e. The van der Waals surface area contributed by atoms with Gasteiger partial charge in [-0.1, -0.05) is 31.2 Å². The lowest BCUT2D eigenvalue weighted by molar-refractivity contribution is 1.01. The first-order valence-corrected chi connectivity index (χ1v) is 4.81. The van der Waals surface area contributed by atoms with Gasteiger partial charge in [0, 0.05) is 6.42 Å². The molecule has 1 aromatic rings. The van der Waals surface area contributed by atoms with Crippen molar-refractivity contribution < 1.29 is 0 Å². The SMILES string of the molecule is CCc1ccc(CC(Cl)C#N)cc1. The maximum Gasteiger partial charge on any atom is 0.124 e. The molecule has 0 bridgehead atoms. The summed E-state index contributed by atoms with van der Waals surface area (Å²) >= 11 is 5.71. The molecule has 0 radical (unpaired) electrons. The minimum Gasteiger partial charge on any atom is -0.197 e. The lowest BCUT2D eigenvalue weighted by atomic mass is 10.1. The van der Waals surface area contributed by atoms with Crippen molar-refractivity contribution in [2.75, 3.05) is 0 Å². The first-order valence-electron chi connectivity index (χ1n) is 4.37. The quantitative estimate of drug-likeness (QED) is 0.678. The van der Waals surface area contributed by atoms with Crippen molar-refractivity contribution in [3.63, 3.8) is 0 Å². The van der Waals surface area contributed by atoms with Crippen LogP contribution in [0.1, 0.15) is 18.1 Å². The van der Waals surface area contributed by atoms with Crippen molar-refractivity contribution in [3.8, 4) is 6.07 Å². The first kappa shape index (κ1) is 10.1. The summed E-state index contributed by atoms with van der Waals surface area (Å²) < 4.78 is 0. The molecule has 68 valence electrons. The summed E-state index contributed by atoms with van der Waals surface area (Å²) in [5.41, 5.74) is 2.44. The van der Waals surface area contributed by atoms with E-state index in [9.17, 15) is 0 Å². The molecule has 0 aliphatic heterocycles. The molecule has 1 nitrogen and oxygen atoms in total. The van der Waals surface area contributed by atoms with Crippen LogP contribution < -0.4 is 0 Å². The van der Waals surface area contributed by atoms with Gasteiger partial charge in [0.25, 0.3) is 0 Å². The number of alkyl halides is 1. The fourth-order valence-corrected chi connectivity index (χ4v) is 1.34. The van der Waals surface area contributed by atoms with E-state index in [0.717, 1.165) is 12.0 Å².